The van der Waals surface area contributed by atoms with Gasteiger partial charge in [0.15, 0.2) is 5.78 Å². The molecule has 2 rings (SSSR count). The van der Waals surface area contributed by atoms with Crippen LogP contribution < -0.4 is 11.1 Å². The lowest BCUT2D eigenvalue weighted by Gasteiger charge is -2.29. The predicted molar refractivity (Wildman–Crippen MR) is 93.2 cm³/mol. The Balaban J connectivity index is 2.32. The van der Waals surface area contributed by atoms with Gasteiger partial charge >= 0.3 is 0 Å². The number of ketones is 1. The van der Waals surface area contributed by atoms with Gasteiger partial charge in [-0.1, -0.05) is 25.4 Å². The minimum absolute atomic E-state index is 0.0564. The number of nitrogens with two attached hydrogens (primary N) is 1. The van der Waals surface area contributed by atoms with E-state index in [1.807, 2.05) is 6.07 Å². The van der Waals surface area contributed by atoms with Crippen LogP contribution in [0.2, 0.25) is 5.02 Å². The van der Waals surface area contributed by atoms with Crippen molar-refractivity contribution in [1.29, 1.82) is 0 Å². The minimum Gasteiger partial charge on any atom is -0.386 e. The summed E-state index contributed by atoms with van der Waals surface area (Å²) in [5.41, 5.74) is 7.85. The Kier molecular flexibility index (Phi) is 5.14. The molecule has 1 aliphatic rings. The predicted octanol–water partition coefficient (Wildman–Crippen LogP) is 4.25. The van der Waals surface area contributed by atoms with E-state index < -0.39 is 0 Å². The molecule has 0 amide bonds. The molecule has 0 radical (unpaired) electrons. The van der Waals surface area contributed by atoms with Gasteiger partial charge in [-0.15, -0.1) is 11.6 Å². The zero-order chi connectivity index (χ0) is 16.3. The first-order valence-corrected chi connectivity index (χ1v) is 7.89. The first kappa shape index (κ1) is 16.8. The second-order valence-electron chi connectivity index (χ2n) is 6.18. The Hall–Kier alpha value is -1.52. The van der Waals surface area contributed by atoms with Crippen molar-refractivity contribution in [1.82, 2.24) is 0 Å². The fourth-order valence-electron chi connectivity index (χ4n) is 2.49. The van der Waals surface area contributed by atoms with Crippen LogP contribution in [0.4, 0.5) is 11.4 Å². The Morgan fingerprint density at radius 3 is 2.77 bits per heavy atom. The zero-order valence-corrected chi connectivity index (χ0v) is 14.1. The highest BCUT2D eigenvalue weighted by molar-refractivity contribution is 6.31. The molecule has 0 unspecified atom stereocenters. The van der Waals surface area contributed by atoms with Gasteiger partial charge in [-0.25, -0.2) is 4.99 Å². The number of amidine groups is 1. The molecule has 3 N–H and O–H groups in total. The van der Waals surface area contributed by atoms with Crippen molar-refractivity contribution < 1.29 is 4.79 Å². The number of anilines is 1. The van der Waals surface area contributed by atoms with Crippen LogP contribution in [0.5, 0.6) is 0 Å². The molecule has 1 aliphatic carbocycles. The van der Waals surface area contributed by atoms with Crippen molar-refractivity contribution in [2.75, 3.05) is 11.2 Å². The van der Waals surface area contributed by atoms with E-state index in [2.05, 4.69) is 24.2 Å². The van der Waals surface area contributed by atoms with Crippen LogP contribution in [-0.2, 0) is 4.79 Å². The van der Waals surface area contributed by atoms with Gasteiger partial charge < -0.3 is 11.1 Å². The standard InChI is InChI=1S/C16H19Cl2N3O/c1-16(2)7-11(6-12(22)8-16)20-13-4-3-10(18)5-14(13)21-15(19)9-17/h3-6,20H,7-9H2,1-2H3,(H2,19,21). The van der Waals surface area contributed by atoms with Crippen molar-refractivity contribution in [2.45, 2.75) is 26.7 Å². The summed E-state index contributed by atoms with van der Waals surface area (Å²) in [6.07, 6.45) is 3.00. The number of hydrogen-bond acceptors (Lipinski definition) is 3. The molecule has 0 aliphatic heterocycles. The van der Waals surface area contributed by atoms with Crippen LogP contribution in [0.15, 0.2) is 35.0 Å². The van der Waals surface area contributed by atoms with Crippen LogP contribution in [0.1, 0.15) is 26.7 Å². The third kappa shape index (κ3) is 4.49. The van der Waals surface area contributed by atoms with Gasteiger partial charge in [0.2, 0.25) is 0 Å². The number of halogens is 2. The highest BCUT2D eigenvalue weighted by Crippen LogP contribution is 2.36. The van der Waals surface area contributed by atoms with Crippen molar-refractivity contribution in [3.05, 3.63) is 35.0 Å². The van der Waals surface area contributed by atoms with Crippen molar-refractivity contribution in [2.24, 2.45) is 16.1 Å². The topological polar surface area (TPSA) is 67.5 Å². The first-order chi connectivity index (χ1) is 10.3. The number of alkyl halides is 1. The zero-order valence-electron chi connectivity index (χ0n) is 12.6. The summed E-state index contributed by atoms with van der Waals surface area (Å²) >= 11 is 11.7. The van der Waals surface area contributed by atoms with E-state index in [0.717, 1.165) is 17.8 Å². The maximum Gasteiger partial charge on any atom is 0.157 e. The van der Waals surface area contributed by atoms with E-state index in [0.29, 0.717) is 23.0 Å². The first-order valence-electron chi connectivity index (χ1n) is 6.98. The van der Waals surface area contributed by atoms with Gasteiger partial charge in [0.1, 0.15) is 5.84 Å². The highest BCUT2D eigenvalue weighted by Gasteiger charge is 2.27. The van der Waals surface area contributed by atoms with E-state index in [1.165, 1.54) is 0 Å². The molecular weight excluding hydrogens is 321 g/mol. The molecule has 4 nitrogen and oxygen atoms in total. The van der Waals surface area contributed by atoms with E-state index in [1.54, 1.807) is 18.2 Å². The third-order valence-electron chi connectivity index (χ3n) is 3.31. The molecule has 0 bridgehead atoms. The lowest BCUT2D eigenvalue weighted by atomic mass is 9.79. The van der Waals surface area contributed by atoms with E-state index in [9.17, 15) is 4.79 Å². The summed E-state index contributed by atoms with van der Waals surface area (Å²) in [6, 6.07) is 5.28. The van der Waals surface area contributed by atoms with Crippen molar-refractivity contribution >= 4 is 46.2 Å². The summed E-state index contributed by atoms with van der Waals surface area (Å²) in [5, 5.41) is 3.82. The molecule has 0 fully saturated rings. The Morgan fingerprint density at radius 1 is 1.41 bits per heavy atom. The molecule has 22 heavy (non-hydrogen) atoms. The quantitative estimate of drug-likeness (QED) is 0.489. The van der Waals surface area contributed by atoms with Crippen LogP contribution in [-0.4, -0.2) is 17.5 Å². The number of allylic oxidation sites excluding steroid dienone is 2. The largest absolute Gasteiger partial charge is 0.386 e. The monoisotopic (exact) mass is 339 g/mol. The van der Waals surface area contributed by atoms with E-state index in [4.69, 9.17) is 28.9 Å². The van der Waals surface area contributed by atoms with Gasteiger partial charge in [0, 0.05) is 23.2 Å². The fourth-order valence-corrected chi connectivity index (χ4v) is 2.71. The van der Waals surface area contributed by atoms with Crippen LogP contribution in [0.25, 0.3) is 0 Å². The van der Waals surface area contributed by atoms with Crippen LogP contribution in [0.3, 0.4) is 0 Å². The molecule has 0 heterocycles. The van der Waals surface area contributed by atoms with E-state index in [-0.39, 0.29) is 17.1 Å². The molecule has 1 aromatic rings. The number of carbonyl (C=O) groups excluding carboxylic acids is 1. The molecule has 0 spiro atoms. The summed E-state index contributed by atoms with van der Waals surface area (Å²) in [5.74, 6) is 0.569. The molecular formula is C16H19Cl2N3O. The summed E-state index contributed by atoms with van der Waals surface area (Å²) in [4.78, 5) is 16.1. The molecule has 0 saturated carbocycles. The van der Waals surface area contributed by atoms with Crippen LogP contribution in [0, 0.1) is 5.41 Å². The Labute approximate surface area is 140 Å². The second-order valence-corrected chi connectivity index (χ2v) is 6.88. The van der Waals surface area contributed by atoms with Gasteiger partial charge in [0.25, 0.3) is 0 Å². The SMILES string of the molecule is CC1(C)CC(=O)C=C(Nc2ccc(Cl)cc2N=C(N)CCl)C1. The highest BCUT2D eigenvalue weighted by atomic mass is 35.5. The summed E-state index contributed by atoms with van der Waals surface area (Å²) < 4.78 is 0. The fraction of sp³-hybridized carbons (Fsp3) is 0.375. The number of aliphatic imine (C=N–C) groups is 1. The summed E-state index contributed by atoms with van der Waals surface area (Å²) in [7, 11) is 0. The number of carbonyl (C=O) groups is 1. The lowest BCUT2D eigenvalue weighted by Crippen LogP contribution is -2.24. The molecule has 1 aromatic carbocycles. The maximum absolute atomic E-state index is 11.8. The molecule has 0 aromatic heterocycles. The molecule has 6 heteroatoms. The van der Waals surface area contributed by atoms with Crippen LogP contribution >= 0.6 is 23.2 Å². The number of hydrogen-bond donors (Lipinski definition) is 2. The molecule has 0 atom stereocenters. The number of rotatable bonds is 4. The Bertz CT molecular complexity index is 651. The Morgan fingerprint density at radius 2 is 2.14 bits per heavy atom. The van der Waals surface area contributed by atoms with Crippen molar-refractivity contribution in [3.63, 3.8) is 0 Å². The minimum atomic E-state index is -0.0564. The van der Waals surface area contributed by atoms with Gasteiger partial charge in [-0.05, 0) is 30.0 Å². The normalized spacial score (nSPS) is 18.1. The smallest absolute Gasteiger partial charge is 0.157 e. The average molecular weight is 340 g/mol. The number of benzene rings is 1. The number of nitrogens with zero attached hydrogens (tertiary/aromatic N) is 1. The maximum atomic E-state index is 11.8. The van der Waals surface area contributed by atoms with Gasteiger partial charge in [-0.2, -0.15) is 0 Å². The second kappa shape index (κ2) is 6.71. The molecule has 118 valence electrons. The lowest BCUT2D eigenvalue weighted by molar-refractivity contribution is -0.117. The average Bonchev–Trinajstić information content (AvgIpc) is 2.39. The van der Waals surface area contributed by atoms with E-state index >= 15 is 0 Å². The third-order valence-corrected chi connectivity index (χ3v) is 3.82. The van der Waals surface area contributed by atoms with Crippen molar-refractivity contribution in [3.8, 4) is 0 Å². The summed E-state index contributed by atoms with van der Waals surface area (Å²) in [6.45, 7) is 4.15. The number of nitrogens with one attached hydrogen (secondary N) is 1. The van der Waals surface area contributed by atoms with Gasteiger partial charge in [-0.3, -0.25) is 4.79 Å². The van der Waals surface area contributed by atoms with Gasteiger partial charge in [0.05, 0.1) is 17.3 Å². The molecule has 0 saturated heterocycles.